The minimum absolute atomic E-state index is 0.108. The summed E-state index contributed by atoms with van der Waals surface area (Å²) in [5.41, 5.74) is 1.07. The molecule has 2 aliphatic rings. The predicted molar refractivity (Wildman–Crippen MR) is 80.3 cm³/mol. The van der Waals surface area contributed by atoms with Crippen LogP contribution in [0.3, 0.4) is 0 Å². The lowest BCUT2D eigenvalue weighted by atomic mass is 9.86. The van der Waals surface area contributed by atoms with E-state index in [0.29, 0.717) is 29.2 Å². The first-order valence-corrected chi connectivity index (χ1v) is 7.76. The maximum Gasteiger partial charge on any atom is 0.0595 e. The van der Waals surface area contributed by atoms with Crippen molar-refractivity contribution in [2.45, 2.75) is 18.9 Å². The molecule has 110 valence electrons. The predicted octanol–water partition coefficient (Wildman–Crippen LogP) is 3.04. The lowest BCUT2D eigenvalue weighted by Crippen LogP contribution is -2.52. The number of aliphatic hydroxyl groups excluding tert-OH is 1. The van der Waals surface area contributed by atoms with Gasteiger partial charge in [-0.05, 0) is 36.5 Å². The molecule has 1 aromatic carbocycles. The molecule has 2 fully saturated rings. The van der Waals surface area contributed by atoms with E-state index < -0.39 is 0 Å². The molecule has 3 rings (SSSR count). The second kappa shape index (κ2) is 5.82. The smallest absolute Gasteiger partial charge is 0.0595 e. The highest BCUT2D eigenvalue weighted by molar-refractivity contribution is 6.42. The normalized spacial score (nSPS) is 22.4. The molecule has 0 spiro atoms. The van der Waals surface area contributed by atoms with Crippen LogP contribution in [0.1, 0.15) is 24.4 Å². The fourth-order valence-corrected chi connectivity index (χ4v) is 2.97. The molecular formula is C15H19Cl2NO2. The van der Waals surface area contributed by atoms with Gasteiger partial charge < -0.3 is 15.2 Å². The number of benzene rings is 1. The summed E-state index contributed by atoms with van der Waals surface area (Å²) in [6.45, 7) is 2.20. The van der Waals surface area contributed by atoms with Gasteiger partial charge in [-0.2, -0.15) is 0 Å². The maximum absolute atomic E-state index is 9.50. The average Bonchev–Trinajstić information content (AvgIpc) is 3.21. The number of hydrogen-bond acceptors (Lipinski definition) is 3. The molecule has 0 bridgehead atoms. The van der Waals surface area contributed by atoms with Crippen molar-refractivity contribution in [2.75, 3.05) is 26.4 Å². The SMILES string of the molecule is OCC1(CNC(c2ccc(Cl)c(Cl)c2)C2CC2)COC1. The van der Waals surface area contributed by atoms with Crippen LogP contribution in [0.2, 0.25) is 10.0 Å². The van der Waals surface area contributed by atoms with Crippen molar-refractivity contribution in [1.82, 2.24) is 5.32 Å². The maximum atomic E-state index is 9.50. The van der Waals surface area contributed by atoms with Crippen LogP contribution >= 0.6 is 23.2 Å². The molecule has 1 aliphatic carbocycles. The lowest BCUT2D eigenvalue weighted by Gasteiger charge is -2.41. The number of hydrogen-bond donors (Lipinski definition) is 2. The molecule has 1 heterocycles. The number of rotatable bonds is 6. The van der Waals surface area contributed by atoms with E-state index in [2.05, 4.69) is 5.32 Å². The molecular weight excluding hydrogens is 297 g/mol. The van der Waals surface area contributed by atoms with Crippen LogP contribution < -0.4 is 5.32 Å². The van der Waals surface area contributed by atoms with Crippen LogP contribution in [0.15, 0.2) is 18.2 Å². The largest absolute Gasteiger partial charge is 0.396 e. The summed E-state index contributed by atoms with van der Waals surface area (Å²) in [4.78, 5) is 0. The van der Waals surface area contributed by atoms with Gasteiger partial charge in [-0.15, -0.1) is 0 Å². The van der Waals surface area contributed by atoms with Gasteiger partial charge in [0, 0.05) is 12.6 Å². The molecule has 1 aromatic rings. The van der Waals surface area contributed by atoms with Gasteiger partial charge in [0.15, 0.2) is 0 Å². The fourth-order valence-electron chi connectivity index (χ4n) is 2.66. The second-order valence-corrected chi connectivity index (χ2v) is 6.83. The van der Waals surface area contributed by atoms with E-state index in [4.69, 9.17) is 27.9 Å². The van der Waals surface area contributed by atoms with E-state index in [9.17, 15) is 5.11 Å². The summed E-state index contributed by atoms with van der Waals surface area (Å²) in [6.07, 6.45) is 2.47. The zero-order valence-corrected chi connectivity index (χ0v) is 12.8. The molecule has 3 nitrogen and oxygen atoms in total. The number of halogens is 2. The van der Waals surface area contributed by atoms with E-state index in [0.717, 1.165) is 6.54 Å². The molecule has 0 amide bonds. The molecule has 1 atom stereocenters. The summed E-state index contributed by atoms with van der Waals surface area (Å²) in [5.74, 6) is 0.656. The summed E-state index contributed by atoms with van der Waals surface area (Å²) >= 11 is 12.1. The number of nitrogens with one attached hydrogen (secondary N) is 1. The highest BCUT2D eigenvalue weighted by Crippen LogP contribution is 2.42. The van der Waals surface area contributed by atoms with Gasteiger partial charge in [-0.1, -0.05) is 29.3 Å². The monoisotopic (exact) mass is 315 g/mol. The molecule has 0 aromatic heterocycles. The summed E-state index contributed by atoms with van der Waals surface area (Å²) in [6, 6.07) is 6.12. The molecule has 5 heteroatoms. The van der Waals surface area contributed by atoms with E-state index >= 15 is 0 Å². The van der Waals surface area contributed by atoms with E-state index in [1.807, 2.05) is 18.2 Å². The van der Waals surface area contributed by atoms with Gasteiger partial charge in [-0.25, -0.2) is 0 Å². The third kappa shape index (κ3) is 2.97. The standard InChI is InChI=1S/C15H19Cl2NO2/c16-12-4-3-11(5-13(12)17)14(10-1-2-10)18-6-15(7-19)8-20-9-15/h3-5,10,14,18-19H,1-2,6-9H2. The minimum Gasteiger partial charge on any atom is -0.396 e. The number of ether oxygens (including phenoxy) is 1. The molecule has 20 heavy (non-hydrogen) atoms. The lowest BCUT2D eigenvalue weighted by molar-refractivity contribution is -0.135. The van der Waals surface area contributed by atoms with Crippen LogP contribution in [-0.4, -0.2) is 31.5 Å². The molecule has 1 aliphatic heterocycles. The Morgan fingerprint density at radius 2 is 2.05 bits per heavy atom. The van der Waals surface area contributed by atoms with Gasteiger partial charge in [0.2, 0.25) is 0 Å². The van der Waals surface area contributed by atoms with Crippen LogP contribution in [0.4, 0.5) is 0 Å². The van der Waals surface area contributed by atoms with Gasteiger partial charge in [0.1, 0.15) is 0 Å². The Morgan fingerprint density at radius 1 is 1.30 bits per heavy atom. The van der Waals surface area contributed by atoms with Gasteiger partial charge in [0.25, 0.3) is 0 Å². The Bertz CT molecular complexity index is 481. The first-order chi connectivity index (χ1) is 9.63. The Morgan fingerprint density at radius 3 is 2.55 bits per heavy atom. The van der Waals surface area contributed by atoms with Crippen molar-refractivity contribution >= 4 is 23.2 Å². The number of aliphatic hydroxyl groups is 1. The van der Waals surface area contributed by atoms with Gasteiger partial charge in [0.05, 0.1) is 35.3 Å². The fraction of sp³-hybridized carbons (Fsp3) is 0.600. The van der Waals surface area contributed by atoms with E-state index in [1.54, 1.807) is 0 Å². The molecule has 0 radical (unpaired) electrons. The molecule has 1 unspecified atom stereocenters. The van der Waals surface area contributed by atoms with Gasteiger partial charge in [-0.3, -0.25) is 0 Å². The average molecular weight is 316 g/mol. The van der Waals surface area contributed by atoms with E-state index in [1.165, 1.54) is 18.4 Å². The third-order valence-corrected chi connectivity index (χ3v) is 4.98. The molecule has 2 N–H and O–H groups in total. The van der Waals surface area contributed by atoms with Crippen LogP contribution in [0, 0.1) is 11.3 Å². The third-order valence-electron chi connectivity index (χ3n) is 4.25. The first-order valence-electron chi connectivity index (χ1n) is 7.00. The second-order valence-electron chi connectivity index (χ2n) is 6.02. The zero-order valence-electron chi connectivity index (χ0n) is 11.2. The molecule has 1 saturated heterocycles. The Hall–Kier alpha value is -0.320. The van der Waals surface area contributed by atoms with Crippen molar-refractivity contribution in [3.63, 3.8) is 0 Å². The van der Waals surface area contributed by atoms with E-state index in [-0.39, 0.29) is 18.1 Å². The van der Waals surface area contributed by atoms with Crippen LogP contribution in [-0.2, 0) is 4.74 Å². The van der Waals surface area contributed by atoms with Gasteiger partial charge >= 0.3 is 0 Å². The van der Waals surface area contributed by atoms with Crippen LogP contribution in [0.5, 0.6) is 0 Å². The Balaban J connectivity index is 1.70. The minimum atomic E-state index is -0.108. The Kier molecular flexibility index (Phi) is 4.25. The van der Waals surface area contributed by atoms with Crippen LogP contribution in [0.25, 0.3) is 0 Å². The molecule has 1 saturated carbocycles. The van der Waals surface area contributed by atoms with Crippen molar-refractivity contribution in [3.05, 3.63) is 33.8 Å². The highest BCUT2D eigenvalue weighted by Gasteiger charge is 2.40. The zero-order chi connectivity index (χ0) is 14.2. The van der Waals surface area contributed by atoms with Crippen molar-refractivity contribution in [1.29, 1.82) is 0 Å². The summed E-state index contributed by atoms with van der Waals surface area (Å²) in [5, 5.41) is 14.3. The quantitative estimate of drug-likeness (QED) is 0.847. The summed E-state index contributed by atoms with van der Waals surface area (Å²) < 4.78 is 5.24. The summed E-state index contributed by atoms with van der Waals surface area (Å²) in [7, 11) is 0. The topological polar surface area (TPSA) is 41.5 Å². The Labute approximate surface area is 129 Å². The highest BCUT2D eigenvalue weighted by atomic mass is 35.5. The first kappa shape index (κ1) is 14.6. The van der Waals surface area contributed by atoms with Crippen molar-refractivity contribution in [2.24, 2.45) is 11.3 Å². The van der Waals surface area contributed by atoms with Crippen molar-refractivity contribution in [3.8, 4) is 0 Å². The van der Waals surface area contributed by atoms with Crippen molar-refractivity contribution < 1.29 is 9.84 Å².